The van der Waals surface area contributed by atoms with Crippen LogP contribution in [0.3, 0.4) is 0 Å². The number of hydrogen-bond acceptors (Lipinski definition) is 4. The maximum absolute atomic E-state index is 11.5. The molecule has 0 fully saturated rings. The van der Waals surface area contributed by atoms with Gasteiger partial charge in [0, 0.05) is 14.8 Å². The van der Waals surface area contributed by atoms with Gasteiger partial charge in [-0.1, -0.05) is 65.8 Å². The van der Waals surface area contributed by atoms with Crippen LogP contribution in [0.5, 0.6) is 5.75 Å². The van der Waals surface area contributed by atoms with Crippen LogP contribution in [0.4, 0.5) is 0 Å². The lowest BCUT2D eigenvalue weighted by Gasteiger charge is -2.23. The Hall–Kier alpha value is -2.73. The second-order valence-electron chi connectivity index (χ2n) is 7.56. The molecule has 0 aliphatic carbocycles. The third-order valence-corrected chi connectivity index (χ3v) is 6.46. The predicted octanol–water partition coefficient (Wildman–Crippen LogP) is 6.36. The Labute approximate surface area is 198 Å². The lowest BCUT2D eigenvalue weighted by Crippen LogP contribution is -2.47. The van der Waals surface area contributed by atoms with E-state index < -0.39 is 11.5 Å². The number of halogens is 1. The summed E-state index contributed by atoms with van der Waals surface area (Å²) >= 11 is 8.06. The average molecular weight is 468 g/mol. The first-order chi connectivity index (χ1) is 15.4. The van der Waals surface area contributed by atoms with Crippen molar-refractivity contribution in [1.29, 1.82) is 0 Å². The molecular formula is C26H26ClNO3S. The first-order valence-corrected chi connectivity index (χ1v) is 11.5. The van der Waals surface area contributed by atoms with Gasteiger partial charge in [-0.2, -0.15) is 0 Å². The molecule has 0 bridgehead atoms. The fourth-order valence-corrected chi connectivity index (χ4v) is 4.38. The van der Waals surface area contributed by atoms with Gasteiger partial charge in [-0.05, 0) is 66.8 Å². The number of carbonyl (C=O) groups is 1. The van der Waals surface area contributed by atoms with Crippen molar-refractivity contribution < 1.29 is 14.6 Å². The Balaban J connectivity index is 1.58. The molecule has 1 atom stereocenters. The van der Waals surface area contributed by atoms with E-state index in [2.05, 4.69) is 6.58 Å². The first-order valence-electron chi connectivity index (χ1n) is 10.3. The molecule has 0 radical (unpaired) electrons. The van der Waals surface area contributed by atoms with E-state index in [0.29, 0.717) is 18.1 Å². The molecule has 0 aliphatic rings. The van der Waals surface area contributed by atoms with Crippen LogP contribution in [-0.4, -0.2) is 16.6 Å². The maximum atomic E-state index is 11.5. The standard InChI is InChI=1S/C26H26ClNO3S/c1-2-15-26(28,25(29)30)16-14-20-8-11-23(17-24(20)27)32-22-12-9-21(10-13-22)31-18-19-6-4-3-5-7-19/h2-13,17H,1,14-16,18,28H2,(H,29,30). The van der Waals surface area contributed by atoms with E-state index in [1.54, 1.807) is 11.8 Å². The number of carboxylic acid groups (broad SMARTS) is 1. The molecule has 0 aliphatic heterocycles. The lowest BCUT2D eigenvalue weighted by atomic mass is 9.89. The number of nitrogens with two attached hydrogens (primary N) is 1. The van der Waals surface area contributed by atoms with Crippen molar-refractivity contribution in [2.45, 2.75) is 41.2 Å². The number of carboxylic acids is 1. The second-order valence-corrected chi connectivity index (χ2v) is 9.11. The summed E-state index contributed by atoms with van der Waals surface area (Å²) in [4.78, 5) is 13.6. The highest BCUT2D eigenvalue weighted by atomic mass is 35.5. The predicted molar refractivity (Wildman–Crippen MR) is 130 cm³/mol. The highest BCUT2D eigenvalue weighted by molar-refractivity contribution is 7.99. The summed E-state index contributed by atoms with van der Waals surface area (Å²) < 4.78 is 5.83. The van der Waals surface area contributed by atoms with Crippen molar-refractivity contribution in [3.63, 3.8) is 0 Å². The maximum Gasteiger partial charge on any atom is 0.324 e. The number of aliphatic carboxylic acids is 1. The van der Waals surface area contributed by atoms with E-state index in [0.717, 1.165) is 26.7 Å². The SMILES string of the molecule is C=CCC(N)(CCc1ccc(Sc2ccc(OCc3ccccc3)cc2)cc1Cl)C(=O)O. The van der Waals surface area contributed by atoms with Crippen LogP contribution < -0.4 is 10.5 Å². The third-order valence-electron chi connectivity index (χ3n) is 5.11. The zero-order chi connectivity index (χ0) is 23.0. The quantitative estimate of drug-likeness (QED) is 0.321. The van der Waals surface area contributed by atoms with Crippen molar-refractivity contribution in [1.82, 2.24) is 0 Å². The highest BCUT2D eigenvalue weighted by Gasteiger charge is 2.32. The summed E-state index contributed by atoms with van der Waals surface area (Å²) in [6.07, 6.45) is 2.51. The second kappa shape index (κ2) is 11.2. The molecule has 32 heavy (non-hydrogen) atoms. The van der Waals surface area contributed by atoms with Gasteiger partial charge in [0.2, 0.25) is 0 Å². The smallest absolute Gasteiger partial charge is 0.324 e. The van der Waals surface area contributed by atoms with Gasteiger partial charge in [0.1, 0.15) is 17.9 Å². The van der Waals surface area contributed by atoms with Crippen LogP contribution in [0.1, 0.15) is 24.0 Å². The lowest BCUT2D eigenvalue weighted by molar-refractivity contribution is -0.143. The summed E-state index contributed by atoms with van der Waals surface area (Å²) in [5, 5.41) is 10.0. The van der Waals surface area contributed by atoms with Crippen LogP contribution >= 0.6 is 23.4 Å². The Kier molecular flexibility index (Phi) is 8.39. The van der Waals surface area contributed by atoms with Crippen LogP contribution in [0.25, 0.3) is 0 Å². The molecule has 0 aromatic heterocycles. The van der Waals surface area contributed by atoms with Gasteiger partial charge in [-0.25, -0.2) is 0 Å². The van der Waals surface area contributed by atoms with Gasteiger partial charge < -0.3 is 15.6 Å². The van der Waals surface area contributed by atoms with Crippen LogP contribution in [-0.2, 0) is 17.8 Å². The summed E-state index contributed by atoms with van der Waals surface area (Å²) in [6.45, 7) is 4.13. The van der Waals surface area contributed by atoms with E-state index >= 15 is 0 Å². The molecule has 0 amide bonds. The van der Waals surface area contributed by atoms with Crippen LogP contribution in [0, 0.1) is 0 Å². The summed E-state index contributed by atoms with van der Waals surface area (Å²) in [6, 6.07) is 23.8. The molecular weight excluding hydrogens is 442 g/mol. The molecule has 3 aromatic carbocycles. The molecule has 0 saturated heterocycles. The van der Waals surface area contributed by atoms with Crippen molar-refractivity contribution >= 4 is 29.3 Å². The van der Waals surface area contributed by atoms with E-state index in [-0.39, 0.29) is 12.8 Å². The molecule has 0 heterocycles. The molecule has 166 valence electrons. The molecule has 0 spiro atoms. The topological polar surface area (TPSA) is 72.5 Å². The zero-order valence-corrected chi connectivity index (χ0v) is 19.2. The fraction of sp³-hybridized carbons (Fsp3) is 0.192. The summed E-state index contributed by atoms with van der Waals surface area (Å²) in [5.41, 5.74) is 6.69. The van der Waals surface area contributed by atoms with Crippen LogP contribution in [0.15, 0.2) is 95.2 Å². The van der Waals surface area contributed by atoms with Crippen LogP contribution in [0.2, 0.25) is 5.02 Å². The number of hydrogen-bond donors (Lipinski definition) is 2. The van der Waals surface area contributed by atoms with Gasteiger partial charge in [-0.15, -0.1) is 6.58 Å². The zero-order valence-electron chi connectivity index (χ0n) is 17.7. The minimum Gasteiger partial charge on any atom is -0.489 e. The molecule has 0 saturated carbocycles. The number of aryl methyl sites for hydroxylation is 1. The number of rotatable bonds is 11. The van der Waals surface area contributed by atoms with Gasteiger partial charge in [0.15, 0.2) is 0 Å². The first kappa shape index (κ1) is 23.9. The van der Waals surface area contributed by atoms with Crippen molar-refractivity contribution in [3.05, 3.63) is 102 Å². The Morgan fingerprint density at radius 3 is 2.41 bits per heavy atom. The van der Waals surface area contributed by atoms with Crippen molar-refractivity contribution in [2.24, 2.45) is 5.73 Å². The van der Waals surface area contributed by atoms with Crippen molar-refractivity contribution in [3.8, 4) is 5.75 Å². The molecule has 3 aromatic rings. The van der Waals surface area contributed by atoms with E-state index in [4.69, 9.17) is 22.1 Å². The third kappa shape index (κ3) is 6.63. The van der Waals surface area contributed by atoms with Gasteiger partial charge in [0.25, 0.3) is 0 Å². The largest absolute Gasteiger partial charge is 0.489 e. The number of ether oxygens (including phenoxy) is 1. The molecule has 1 unspecified atom stereocenters. The minimum atomic E-state index is -1.33. The van der Waals surface area contributed by atoms with E-state index in [1.165, 1.54) is 6.08 Å². The molecule has 3 N–H and O–H groups in total. The minimum absolute atomic E-state index is 0.207. The Morgan fingerprint density at radius 2 is 1.78 bits per heavy atom. The summed E-state index contributed by atoms with van der Waals surface area (Å²) in [7, 11) is 0. The van der Waals surface area contributed by atoms with E-state index in [1.807, 2.05) is 72.8 Å². The van der Waals surface area contributed by atoms with E-state index in [9.17, 15) is 9.90 Å². The van der Waals surface area contributed by atoms with Gasteiger partial charge in [-0.3, -0.25) is 4.79 Å². The van der Waals surface area contributed by atoms with Gasteiger partial charge in [0.05, 0.1) is 0 Å². The monoisotopic (exact) mass is 467 g/mol. The highest BCUT2D eigenvalue weighted by Crippen LogP contribution is 2.33. The fourth-order valence-electron chi connectivity index (χ4n) is 3.19. The molecule has 4 nitrogen and oxygen atoms in total. The van der Waals surface area contributed by atoms with Gasteiger partial charge >= 0.3 is 5.97 Å². The Bertz CT molecular complexity index is 1060. The van der Waals surface area contributed by atoms with Crippen molar-refractivity contribution in [2.75, 3.05) is 0 Å². The number of benzene rings is 3. The molecule has 6 heteroatoms. The average Bonchev–Trinajstić information content (AvgIpc) is 2.79. The normalized spacial score (nSPS) is 12.7. The Morgan fingerprint density at radius 1 is 1.09 bits per heavy atom. The molecule has 3 rings (SSSR count). The summed E-state index contributed by atoms with van der Waals surface area (Å²) in [5.74, 6) is -0.216.